The van der Waals surface area contributed by atoms with Gasteiger partial charge < -0.3 is 14.5 Å². The number of hydrogen-bond donors (Lipinski definition) is 0. The third-order valence-corrected chi connectivity index (χ3v) is 3.53. The number of ether oxygens (including phenoxy) is 1. The van der Waals surface area contributed by atoms with Gasteiger partial charge in [0.2, 0.25) is 11.8 Å². The predicted molar refractivity (Wildman–Crippen MR) is 69.2 cm³/mol. The molecule has 6 heteroatoms. The zero-order valence-electron chi connectivity index (χ0n) is 11.8. The maximum Gasteiger partial charge on any atom is 0.325 e. The first-order chi connectivity index (χ1) is 8.99. The molecule has 0 aromatic rings. The van der Waals surface area contributed by atoms with Crippen molar-refractivity contribution in [3.05, 3.63) is 0 Å². The summed E-state index contributed by atoms with van der Waals surface area (Å²) in [7, 11) is 1.31. The summed E-state index contributed by atoms with van der Waals surface area (Å²) in [4.78, 5) is 38.0. The smallest absolute Gasteiger partial charge is 0.325 e. The summed E-state index contributed by atoms with van der Waals surface area (Å²) < 4.78 is 4.58. The second-order valence-corrected chi connectivity index (χ2v) is 4.71. The highest BCUT2D eigenvalue weighted by Gasteiger charge is 2.29. The Labute approximate surface area is 113 Å². The largest absolute Gasteiger partial charge is 0.468 e. The molecule has 0 saturated carbocycles. The summed E-state index contributed by atoms with van der Waals surface area (Å²) in [5, 5.41) is 0. The molecular weight excluding hydrogens is 248 g/mol. The fourth-order valence-electron chi connectivity index (χ4n) is 2.27. The van der Waals surface area contributed by atoms with Crippen LogP contribution in [0.4, 0.5) is 0 Å². The minimum atomic E-state index is -0.406. The van der Waals surface area contributed by atoms with Gasteiger partial charge in [-0.1, -0.05) is 0 Å². The summed E-state index contributed by atoms with van der Waals surface area (Å²) in [5.41, 5.74) is 0. The van der Waals surface area contributed by atoms with Crippen LogP contribution in [0.5, 0.6) is 0 Å². The molecule has 6 nitrogen and oxygen atoms in total. The van der Waals surface area contributed by atoms with E-state index in [0.29, 0.717) is 32.5 Å². The zero-order chi connectivity index (χ0) is 14.4. The molecule has 0 atom stereocenters. The van der Waals surface area contributed by atoms with Crippen molar-refractivity contribution in [1.29, 1.82) is 0 Å². The third-order valence-electron chi connectivity index (χ3n) is 3.53. The number of hydrogen-bond acceptors (Lipinski definition) is 4. The normalized spacial score (nSPS) is 16.1. The van der Waals surface area contributed by atoms with Crippen LogP contribution in [0.3, 0.4) is 0 Å². The number of rotatable bonds is 4. The lowest BCUT2D eigenvalue weighted by Gasteiger charge is -2.33. The number of nitrogens with zero attached hydrogens (tertiary/aromatic N) is 2. The molecule has 108 valence electrons. The van der Waals surface area contributed by atoms with Crippen LogP contribution in [-0.4, -0.2) is 60.9 Å². The quantitative estimate of drug-likeness (QED) is 0.688. The molecule has 2 amide bonds. The lowest BCUT2D eigenvalue weighted by Crippen LogP contribution is -2.45. The molecule has 1 aliphatic heterocycles. The van der Waals surface area contributed by atoms with Gasteiger partial charge in [0.15, 0.2) is 0 Å². The zero-order valence-corrected chi connectivity index (χ0v) is 11.8. The van der Waals surface area contributed by atoms with Crippen molar-refractivity contribution in [2.75, 3.05) is 33.3 Å². The molecule has 1 fully saturated rings. The van der Waals surface area contributed by atoms with Crippen molar-refractivity contribution >= 4 is 17.8 Å². The van der Waals surface area contributed by atoms with E-state index < -0.39 is 5.97 Å². The second kappa shape index (κ2) is 7.11. The van der Waals surface area contributed by atoms with E-state index in [4.69, 9.17) is 0 Å². The van der Waals surface area contributed by atoms with Crippen LogP contribution in [0.25, 0.3) is 0 Å². The van der Waals surface area contributed by atoms with Crippen molar-refractivity contribution in [2.45, 2.75) is 26.7 Å². The summed E-state index contributed by atoms with van der Waals surface area (Å²) in [5.74, 6) is -0.472. The van der Waals surface area contributed by atoms with Gasteiger partial charge in [0.25, 0.3) is 0 Å². The van der Waals surface area contributed by atoms with E-state index >= 15 is 0 Å². The minimum absolute atomic E-state index is 0.00123. The first kappa shape index (κ1) is 15.5. The second-order valence-electron chi connectivity index (χ2n) is 4.71. The first-order valence-electron chi connectivity index (χ1n) is 6.60. The van der Waals surface area contributed by atoms with Gasteiger partial charge in [-0.05, 0) is 19.8 Å². The number of carbonyl (C=O) groups excluding carboxylic acids is 3. The number of likely N-dealkylation sites (tertiary alicyclic amines) is 1. The Kier molecular flexibility index (Phi) is 5.79. The van der Waals surface area contributed by atoms with Crippen LogP contribution in [-0.2, 0) is 19.1 Å². The minimum Gasteiger partial charge on any atom is -0.468 e. The molecule has 0 aliphatic carbocycles. The van der Waals surface area contributed by atoms with Crippen molar-refractivity contribution in [3.8, 4) is 0 Å². The number of esters is 1. The molecule has 0 unspecified atom stereocenters. The maximum atomic E-state index is 12.3. The molecular formula is C13H22N2O4. The van der Waals surface area contributed by atoms with E-state index in [1.165, 1.54) is 18.9 Å². The van der Waals surface area contributed by atoms with Crippen LogP contribution >= 0.6 is 0 Å². The highest BCUT2D eigenvalue weighted by Crippen LogP contribution is 2.19. The van der Waals surface area contributed by atoms with Crippen molar-refractivity contribution in [2.24, 2.45) is 5.92 Å². The van der Waals surface area contributed by atoms with E-state index in [-0.39, 0.29) is 24.3 Å². The maximum absolute atomic E-state index is 12.3. The SMILES string of the molecule is CCN(CC(=O)OC)C(=O)C1CCN(C(C)=O)CC1. The van der Waals surface area contributed by atoms with Gasteiger partial charge in [0.1, 0.15) is 6.54 Å². The number of carbonyl (C=O) groups is 3. The Balaban J connectivity index is 2.53. The van der Waals surface area contributed by atoms with Crippen molar-refractivity contribution < 1.29 is 19.1 Å². The van der Waals surface area contributed by atoms with Gasteiger partial charge in [-0.2, -0.15) is 0 Å². The van der Waals surface area contributed by atoms with Gasteiger partial charge in [-0.3, -0.25) is 14.4 Å². The molecule has 1 saturated heterocycles. The topological polar surface area (TPSA) is 66.9 Å². The van der Waals surface area contributed by atoms with Crippen LogP contribution in [0, 0.1) is 5.92 Å². The Hall–Kier alpha value is -1.59. The fourth-order valence-corrected chi connectivity index (χ4v) is 2.27. The average Bonchev–Trinajstić information content (AvgIpc) is 2.43. The van der Waals surface area contributed by atoms with Crippen LogP contribution < -0.4 is 0 Å². The van der Waals surface area contributed by atoms with E-state index in [9.17, 15) is 14.4 Å². The molecule has 19 heavy (non-hydrogen) atoms. The Morgan fingerprint density at radius 3 is 2.26 bits per heavy atom. The summed E-state index contributed by atoms with van der Waals surface area (Å²) >= 11 is 0. The van der Waals surface area contributed by atoms with E-state index in [1.54, 1.807) is 4.90 Å². The van der Waals surface area contributed by atoms with Gasteiger partial charge >= 0.3 is 5.97 Å². The highest BCUT2D eigenvalue weighted by atomic mass is 16.5. The average molecular weight is 270 g/mol. The monoisotopic (exact) mass is 270 g/mol. The summed E-state index contributed by atoms with van der Waals surface area (Å²) in [6, 6.07) is 0. The molecule has 1 heterocycles. The number of methoxy groups -OCH3 is 1. The van der Waals surface area contributed by atoms with Crippen molar-refractivity contribution in [1.82, 2.24) is 9.80 Å². The number of likely N-dealkylation sites (N-methyl/N-ethyl adjacent to an activating group) is 1. The summed E-state index contributed by atoms with van der Waals surface area (Å²) in [6.45, 7) is 5.09. The molecule has 0 spiro atoms. The third kappa shape index (κ3) is 4.22. The molecule has 0 N–H and O–H groups in total. The van der Waals surface area contributed by atoms with Crippen LogP contribution in [0.15, 0.2) is 0 Å². The highest BCUT2D eigenvalue weighted by molar-refractivity contribution is 5.84. The Morgan fingerprint density at radius 2 is 1.84 bits per heavy atom. The van der Waals surface area contributed by atoms with Gasteiger partial charge in [-0.15, -0.1) is 0 Å². The lowest BCUT2D eigenvalue weighted by molar-refractivity contribution is -0.149. The molecule has 0 aromatic heterocycles. The fraction of sp³-hybridized carbons (Fsp3) is 0.769. The van der Waals surface area contributed by atoms with Crippen LogP contribution in [0.1, 0.15) is 26.7 Å². The van der Waals surface area contributed by atoms with E-state index in [1.807, 2.05) is 6.92 Å². The molecule has 0 radical (unpaired) electrons. The summed E-state index contributed by atoms with van der Waals surface area (Å²) in [6.07, 6.45) is 1.33. The van der Waals surface area contributed by atoms with E-state index in [0.717, 1.165) is 0 Å². The standard InChI is InChI=1S/C13H22N2O4/c1-4-14(9-12(17)19-3)13(18)11-5-7-15(8-6-11)10(2)16/h11H,4-9H2,1-3H3. The molecule has 1 aliphatic rings. The lowest BCUT2D eigenvalue weighted by atomic mass is 9.95. The molecule has 0 bridgehead atoms. The van der Waals surface area contributed by atoms with Crippen molar-refractivity contribution in [3.63, 3.8) is 0 Å². The van der Waals surface area contributed by atoms with Gasteiger partial charge in [0, 0.05) is 32.5 Å². The predicted octanol–water partition coefficient (Wildman–Crippen LogP) is 0.266. The van der Waals surface area contributed by atoms with Gasteiger partial charge in [-0.25, -0.2) is 0 Å². The Morgan fingerprint density at radius 1 is 1.26 bits per heavy atom. The first-order valence-corrected chi connectivity index (χ1v) is 6.60. The van der Waals surface area contributed by atoms with Crippen LogP contribution in [0.2, 0.25) is 0 Å². The van der Waals surface area contributed by atoms with E-state index in [2.05, 4.69) is 4.74 Å². The van der Waals surface area contributed by atoms with Gasteiger partial charge in [0.05, 0.1) is 7.11 Å². The number of amides is 2. The Bertz CT molecular complexity index is 349. The molecule has 0 aromatic carbocycles. The molecule has 1 rings (SSSR count). The number of piperidine rings is 1.